The summed E-state index contributed by atoms with van der Waals surface area (Å²) in [6, 6.07) is 0.885. The van der Waals surface area contributed by atoms with Gasteiger partial charge in [-0.1, -0.05) is 20.8 Å². The molecule has 82 valence electrons. The molecule has 2 aliphatic rings. The van der Waals surface area contributed by atoms with Gasteiger partial charge < -0.3 is 5.32 Å². The molecule has 1 heteroatoms. The number of hydrogen-bond donors (Lipinski definition) is 1. The van der Waals surface area contributed by atoms with Gasteiger partial charge in [0.05, 0.1) is 0 Å². The Morgan fingerprint density at radius 3 is 1.86 bits per heavy atom. The third-order valence-corrected chi connectivity index (χ3v) is 4.07. The predicted octanol–water partition coefficient (Wildman–Crippen LogP) is 3.06. The molecule has 2 saturated carbocycles. The molecule has 0 aromatic rings. The first kappa shape index (κ1) is 10.5. The fourth-order valence-corrected chi connectivity index (χ4v) is 2.19. The van der Waals surface area contributed by atoms with E-state index in [0.29, 0.717) is 0 Å². The van der Waals surface area contributed by atoms with Crippen LogP contribution in [0.2, 0.25) is 0 Å². The van der Waals surface area contributed by atoms with E-state index in [2.05, 4.69) is 26.1 Å². The maximum absolute atomic E-state index is 3.82. The molecule has 0 amide bonds. The van der Waals surface area contributed by atoms with Gasteiger partial charge in [0, 0.05) is 6.04 Å². The van der Waals surface area contributed by atoms with E-state index >= 15 is 0 Å². The number of nitrogens with one attached hydrogen (secondary N) is 1. The van der Waals surface area contributed by atoms with Crippen molar-refractivity contribution in [3.63, 3.8) is 0 Å². The smallest absolute Gasteiger partial charge is 0.0124 e. The average molecular weight is 195 g/mol. The monoisotopic (exact) mass is 195 g/mol. The molecule has 1 atom stereocenters. The van der Waals surface area contributed by atoms with Crippen LogP contribution < -0.4 is 5.32 Å². The standard InChI is InChI=1S/C13H25N/c1-9(2)10(3)8-14-13(11-4-5-11)12-6-7-12/h9-14H,4-8H2,1-3H3. The van der Waals surface area contributed by atoms with Crippen LogP contribution in [0, 0.1) is 23.7 Å². The van der Waals surface area contributed by atoms with E-state index in [1.807, 2.05) is 0 Å². The van der Waals surface area contributed by atoms with E-state index in [1.165, 1.54) is 32.2 Å². The molecule has 0 bridgehead atoms. The highest BCUT2D eigenvalue weighted by Gasteiger charge is 2.41. The second-order valence-electron chi connectivity index (χ2n) is 5.83. The van der Waals surface area contributed by atoms with E-state index < -0.39 is 0 Å². The van der Waals surface area contributed by atoms with Crippen molar-refractivity contribution in [3.8, 4) is 0 Å². The van der Waals surface area contributed by atoms with Crippen molar-refractivity contribution in [2.45, 2.75) is 52.5 Å². The van der Waals surface area contributed by atoms with Gasteiger partial charge in [-0.15, -0.1) is 0 Å². The molecule has 1 unspecified atom stereocenters. The van der Waals surface area contributed by atoms with Crippen LogP contribution in [0.15, 0.2) is 0 Å². The van der Waals surface area contributed by atoms with Crippen molar-refractivity contribution in [1.82, 2.24) is 5.32 Å². The van der Waals surface area contributed by atoms with Crippen LogP contribution in [0.3, 0.4) is 0 Å². The van der Waals surface area contributed by atoms with Crippen molar-refractivity contribution in [1.29, 1.82) is 0 Å². The van der Waals surface area contributed by atoms with Gasteiger partial charge >= 0.3 is 0 Å². The summed E-state index contributed by atoms with van der Waals surface area (Å²) in [5.41, 5.74) is 0. The molecule has 0 spiro atoms. The first-order chi connectivity index (χ1) is 6.68. The van der Waals surface area contributed by atoms with Crippen molar-refractivity contribution in [3.05, 3.63) is 0 Å². The molecule has 2 rings (SSSR count). The lowest BCUT2D eigenvalue weighted by molar-refractivity contribution is 0.336. The molecule has 0 aromatic carbocycles. The summed E-state index contributed by atoms with van der Waals surface area (Å²) in [6.07, 6.45) is 5.96. The summed E-state index contributed by atoms with van der Waals surface area (Å²) in [6.45, 7) is 8.26. The van der Waals surface area contributed by atoms with Crippen molar-refractivity contribution in [2.75, 3.05) is 6.54 Å². The average Bonchev–Trinajstić information content (AvgIpc) is 2.99. The molecular formula is C13H25N. The second-order valence-corrected chi connectivity index (χ2v) is 5.83. The molecule has 0 saturated heterocycles. The first-order valence-corrected chi connectivity index (χ1v) is 6.42. The van der Waals surface area contributed by atoms with Gasteiger partial charge in [-0.2, -0.15) is 0 Å². The van der Waals surface area contributed by atoms with Gasteiger partial charge in [-0.3, -0.25) is 0 Å². The lowest BCUT2D eigenvalue weighted by Crippen LogP contribution is -2.37. The summed E-state index contributed by atoms with van der Waals surface area (Å²) in [4.78, 5) is 0. The Hall–Kier alpha value is -0.0400. The third kappa shape index (κ3) is 2.73. The minimum absolute atomic E-state index is 0.821. The van der Waals surface area contributed by atoms with Crippen LogP contribution in [0.25, 0.3) is 0 Å². The van der Waals surface area contributed by atoms with Crippen LogP contribution in [0.4, 0.5) is 0 Å². The van der Waals surface area contributed by atoms with Gasteiger partial charge in [-0.25, -0.2) is 0 Å². The fourth-order valence-electron chi connectivity index (χ4n) is 2.19. The molecule has 1 nitrogen and oxygen atoms in total. The zero-order valence-corrected chi connectivity index (χ0v) is 9.92. The Labute approximate surface area is 88.7 Å². The molecule has 0 aliphatic heterocycles. The third-order valence-electron chi connectivity index (χ3n) is 4.07. The van der Waals surface area contributed by atoms with E-state index in [1.54, 1.807) is 0 Å². The van der Waals surface area contributed by atoms with Crippen molar-refractivity contribution < 1.29 is 0 Å². The Morgan fingerprint density at radius 1 is 1.00 bits per heavy atom. The van der Waals surface area contributed by atoms with Crippen LogP contribution in [0.1, 0.15) is 46.5 Å². The maximum Gasteiger partial charge on any atom is 0.0124 e. The first-order valence-electron chi connectivity index (χ1n) is 6.42. The normalized spacial score (nSPS) is 24.6. The summed E-state index contributed by atoms with van der Waals surface area (Å²) in [5.74, 6) is 3.74. The minimum atomic E-state index is 0.821. The van der Waals surface area contributed by atoms with Gasteiger partial charge in [0.1, 0.15) is 0 Å². The van der Waals surface area contributed by atoms with Crippen molar-refractivity contribution >= 4 is 0 Å². The minimum Gasteiger partial charge on any atom is -0.313 e. The highest BCUT2D eigenvalue weighted by Crippen LogP contribution is 2.44. The second kappa shape index (κ2) is 4.22. The summed E-state index contributed by atoms with van der Waals surface area (Å²) < 4.78 is 0. The van der Waals surface area contributed by atoms with E-state index in [0.717, 1.165) is 29.7 Å². The molecule has 2 fully saturated rings. The van der Waals surface area contributed by atoms with Gasteiger partial charge in [-0.05, 0) is 55.9 Å². The van der Waals surface area contributed by atoms with Crippen LogP contribution >= 0.6 is 0 Å². The topological polar surface area (TPSA) is 12.0 Å². The Kier molecular flexibility index (Phi) is 3.16. The SMILES string of the molecule is CC(C)C(C)CNC(C1CC1)C1CC1. The van der Waals surface area contributed by atoms with E-state index in [9.17, 15) is 0 Å². The molecule has 14 heavy (non-hydrogen) atoms. The van der Waals surface area contributed by atoms with E-state index in [4.69, 9.17) is 0 Å². The Bertz CT molecular complexity index is 168. The van der Waals surface area contributed by atoms with E-state index in [-0.39, 0.29) is 0 Å². The summed E-state index contributed by atoms with van der Waals surface area (Å²) >= 11 is 0. The quantitative estimate of drug-likeness (QED) is 0.687. The molecular weight excluding hydrogens is 170 g/mol. The Balaban J connectivity index is 1.71. The van der Waals surface area contributed by atoms with Gasteiger partial charge in [0.2, 0.25) is 0 Å². The zero-order valence-electron chi connectivity index (χ0n) is 9.92. The molecule has 0 aromatic heterocycles. The molecule has 1 N–H and O–H groups in total. The lowest BCUT2D eigenvalue weighted by Gasteiger charge is -2.22. The fraction of sp³-hybridized carbons (Fsp3) is 1.00. The maximum atomic E-state index is 3.82. The largest absolute Gasteiger partial charge is 0.313 e. The van der Waals surface area contributed by atoms with Crippen LogP contribution in [-0.2, 0) is 0 Å². The zero-order chi connectivity index (χ0) is 10.1. The van der Waals surface area contributed by atoms with Crippen LogP contribution in [-0.4, -0.2) is 12.6 Å². The highest BCUT2D eigenvalue weighted by atomic mass is 14.9. The molecule has 0 radical (unpaired) electrons. The van der Waals surface area contributed by atoms with Crippen LogP contribution in [0.5, 0.6) is 0 Å². The number of hydrogen-bond acceptors (Lipinski definition) is 1. The Morgan fingerprint density at radius 2 is 1.50 bits per heavy atom. The molecule has 2 aliphatic carbocycles. The van der Waals surface area contributed by atoms with Gasteiger partial charge in [0.15, 0.2) is 0 Å². The summed E-state index contributed by atoms with van der Waals surface area (Å²) in [5, 5.41) is 3.82. The predicted molar refractivity (Wildman–Crippen MR) is 61.2 cm³/mol. The highest BCUT2D eigenvalue weighted by molar-refractivity contribution is 4.96. The molecule has 0 heterocycles. The van der Waals surface area contributed by atoms with Gasteiger partial charge in [0.25, 0.3) is 0 Å². The lowest BCUT2D eigenvalue weighted by atomic mass is 9.97. The number of rotatable bonds is 6. The summed E-state index contributed by atoms with van der Waals surface area (Å²) in [7, 11) is 0. The van der Waals surface area contributed by atoms with Crippen molar-refractivity contribution in [2.24, 2.45) is 23.7 Å².